The summed E-state index contributed by atoms with van der Waals surface area (Å²) in [6.07, 6.45) is 1.74. The number of hydrogen-bond donors (Lipinski definition) is 3. The van der Waals surface area contributed by atoms with E-state index in [4.69, 9.17) is 4.74 Å². The second kappa shape index (κ2) is 10.2. The Kier molecular flexibility index (Phi) is 8.91. The summed E-state index contributed by atoms with van der Waals surface area (Å²) < 4.78 is 5.34. The minimum Gasteiger partial charge on any atom is -0.444 e. The highest BCUT2D eigenvalue weighted by molar-refractivity contribution is 14.0. The predicted octanol–water partition coefficient (Wildman–Crippen LogP) is 1.31. The molecule has 9 heteroatoms. The summed E-state index contributed by atoms with van der Waals surface area (Å²) in [6, 6.07) is 0.159. The number of amides is 2. The number of halogens is 1. The van der Waals surface area contributed by atoms with Crippen molar-refractivity contribution in [1.29, 1.82) is 0 Å². The van der Waals surface area contributed by atoms with Gasteiger partial charge in [0.25, 0.3) is 0 Å². The maximum atomic E-state index is 11.9. The Hall–Kier alpha value is -1.26. The molecule has 0 spiro atoms. The van der Waals surface area contributed by atoms with Gasteiger partial charge in [-0.1, -0.05) is 0 Å². The van der Waals surface area contributed by atoms with Gasteiger partial charge in [-0.15, -0.1) is 24.0 Å². The van der Waals surface area contributed by atoms with Crippen molar-refractivity contribution >= 4 is 41.9 Å². The molecule has 0 aromatic carbocycles. The van der Waals surface area contributed by atoms with Crippen molar-refractivity contribution in [3.63, 3.8) is 0 Å². The fraction of sp³-hybridized carbons (Fsp3) is 0.824. The normalized spacial score (nSPS) is 17.7. The van der Waals surface area contributed by atoms with Gasteiger partial charge in [0.1, 0.15) is 5.60 Å². The van der Waals surface area contributed by atoms with Crippen molar-refractivity contribution in [3.05, 3.63) is 0 Å². The number of likely N-dealkylation sites (tertiary alicyclic amines) is 1. The molecule has 0 bridgehead atoms. The molecular weight excluding hydrogens is 449 g/mol. The molecule has 2 fully saturated rings. The molecule has 1 saturated carbocycles. The van der Waals surface area contributed by atoms with Gasteiger partial charge < -0.3 is 25.6 Å². The Balaban J connectivity index is 0.00000338. The lowest BCUT2D eigenvalue weighted by molar-refractivity contribution is -0.122. The van der Waals surface area contributed by atoms with Crippen LogP contribution in [-0.2, 0) is 9.53 Å². The van der Waals surface area contributed by atoms with Gasteiger partial charge in [0.15, 0.2) is 5.96 Å². The van der Waals surface area contributed by atoms with E-state index in [2.05, 4.69) is 20.9 Å². The maximum absolute atomic E-state index is 11.9. The molecule has 0 aromatic heterocycles. The Labute approximate surface area is 172 Å². The third-order valence-corrected chi connectivity index (χ3v) is 3.85. The van der Waals surface area contributed by atoms with Crippen LogP contribution in [0.5, 0.6) is 0 Å². The summed E-state index contributed by atoms with van der Waals surface area (Å²) in [6.45, 7) is 10.6. The first kappa shape index (κ1) is 22.8. The highest BCUT2D eigenvalue weighted by Crippen LogP contribution is 2.28. The van der Waals surface area contributed by atoms with Crippen LogP contribution in [0, 0.1) is 5.92 Å². The lowest BCUT2D eigenvalue weighted by atomic mass is 10.1. The summed E-state index contributed by atoms with van der Waals surface area (Å²) in [5, 5.41) is 9.38. The molecular formula is C17H32IN5O3. The number of nitrogens with one attached hydrogen (secondary N) is 3. The average molecular weight is 481 g/mol. The molecule has 26 heavy (non-hydrogen) atoms. The van der Waals surface area contributed by atoms with Crippen LogP contribution in [0.1, 0.15) is 40.5 Å². The number of hydrogen-bond acceptors (Lipinski definition) is 4. The molecule has 2 aliphatic rings. The predicted molar refractivity (Wildman–Crippen MR) is 112 cm³/mol. The van der Waals surface area contributed by atoms with E-state index in [0.29, 0.717) is 32.1 Å². The summed E-state index contributed by atoms with van der Waals surface area (Å²) in [5.74, 6) is 1.07. The van der Waals surface area contributed by atoms with Crippen LogP contribution >= 0.6 is 24.0 Å². The first-order chi connectivity index (χ1) is 11.8. The number of ether oxygens (including phenoxy) is 1. The van der Waals surface area contributed by atoms with Crippen LogP contribution < -0.4 is 16.0 Å². The smallest absolute Gasteiger partial charge is 0.410 e. The summed E-state index contributed by atoms with van der Waals surface area (Å²) in [5.41, 5.74) is -0.475. The van der Waals surface area contributed by atoms with Crippen molar-refractivity contribution in [1.82, 2.24) is 20.9 Å². The van der Waals surface area contributed by atoms with Gasteiger partial charge >= 0.3 is 6.09 Å². The van der Waals surface area contributed by atoms with Gasteiger partial charge in [0.2, 0.25) is 5.91 Å². The molecule has 150 valence electrons. The number of guanidine groups is 1. The second-order valence-corrected chi connectivity index (χ2v) is 7.55. The first-order valence-electron chi connectivity index (χ1n) is 9.09. The highest BCUT2D eigenvalue weighted by atomic mass is 127. The molecule has 0 unspecified atom stereocenters. The van der Waals surface area contributed by atoms with Gasteiger partial charge in [-0.25, -0.2) is 4.79 Å². The number of carbonyl (C=O) groups excluding carboxylic acids is 2. The minimum absolute atomic E-state index is 0. The first-order valence-corrected chi connectivity index (χ1v) is 9.09. The topological polar surface area (TPSA) is 95.1 Å². The van der Waals surface area contributed by atoms with E-state index in [9.17, 15) is 9.59 Å². The van der Waals surface area contributed by atoms with Gasteiger partial charge in [0, 0.05) is 32.1 Å². The van der Waals surface area contributed by atoms with E-state index in [0.717, 1.165) is 19.4 Å². The molecule has 0 radical (unpaired) electrons. The molecule has 0 atom stereocenters. The van der Waals surface area contributed by atoms with E-state index < -0.39 is 5.60 Å². The van der Waals surface area contributed by atoms with Crippen LogP contribution in [0.3, 0.4) is 0 Å². The SMILES string of the molecule is CCNC(=NCCNC(=O)C1CC1)NC1CN(C(=O)OC(C)(C)C)C1.I. The molecule has 1 heterocycles. The molecule has 0 aromatic rings. The Morgan fingerprint density at radius 2 is 1.85 bits per heavy atom. The van der Waals surface area contributed by atoms with Crippen LogP contribution in [0.15, 0.2) is 4.99 Å². The number of rotatable bonds is 6. The number of aliphatic imine (C=N–C) groups is 1. The summed E-state index contributed by atoms with van der Waals surface area (Å²) in [4.78, 5) is 29.6. The average Bonchev–Trinajstić information content (AvgIpc) is 3.28. The van der Waals surface area contributed by atoms with Crippen molar-refractivity contribution in [3.8, 4) is 0 Å². The van der Waals surface area contributed by atoms with Crippen LogP contribution in [-0.4, -0.2) is 67.2 Å². The zero-order chi connectivity index (χ0) is 18.4. The molecule has 8 nitrogen and oxygen atoms in total. The van der Waals surface area contributed by atoms with Crippen molar-refractivity contribution in [2.75, 3.05) is 32.7 Å². The molecule has 2 rings (SSSR count). The molecule has 3 N–H and O–H groups in total. The third kappa shape index (κ3) is 7.96. The van der Waals surface area contributed by atoms with E-state index in [1.165, 1.54) is 0 Å². The van der Waals surface area contributed by atoms with E-state index in [-0.39, 0.29) is 47.9 Å². The monoisotopic (exact) mass is 481 g/mol. The molecule has 1 aliphatic heterocycles. The van der Waals surface area contributed by atoms with E-state index in [1.807, 2.05) is 27.7 Å². The summed E-state index contributed by atoms with van der Waals surface area (Å²) >= 11 is 0. The zero-order valence-corrected chi connectivity index (χ0v) is 18.5. The second-order valence-electron chi connectivity index (χ2n) is 7.55. The lowest BCUT2D eigenvalue weighted by Crippen LogP contribution is -2.63. The van der Waals surface area contributed by atoms with Crippen LogP contribution in [0.25, 0.3) is 0 Å². The zero-order valence-electron chi connectivity index (χ0n) is 16.1. The standard InChI is InChI=1S/C17H31N5O3.HI/c1-5-18-15(20-9-8-19-14(23)12-6-7-12)21-13-10-22(11-13)16(24)25-17(2,3)4;/h12-13H,5-11H2,1-4H3,(H,19,23)(H2,18,20,21);1H. The largest absolute Gasteiger partial charge is 0.444 e. The van der Waals surface area contributed by atoms with E-state index >= 15 is 0 Å². The van der Waals surface area contributed by atoms with Crippen LogP contribution in [0.2, 0.25) is 0 Å². The lowest BCUT2D eigenvalue weighted by Gasteiger charge is -2.40. The van der Waals surface area contributed by atoms with Crippen LogP contribution in [0.4, 0.5) is 4.79 Å². The van der Waals surface area contributed by atoms with Gasteiger partial charge in [-0.2, -0.15) is 0 Å². The van der Waals surface area contributed by atoms with Crippen molar-refractivity contribution in [2.45, 2.75) is 52.2 Å². The Morgan fingerprint density at radius 3 is 2.38 bits per heavy atom. The van der Waals surface area contributed by atoms with E-state index in [1.54, 1.807) is 4.90 Å². The van der Waals surface area contributed by atoms with Gasteiger partial charge in [0.05, 0.1) is 12.6 Å². The molecule has 2 amide bonds. The van der Waals surface area contributed by atoms with Gasteiger partial charge in [-0.3, -0.25) is 9.79 Å². The van der Waals surface area contributed by atoms with Gasteiger partial charge in [-0.05, 0) is 40.5 Å². The Morgan fingerprint density at radius 1 is 1.19 bits per heavy atom. The fourth-order valence-electron chi connectivity index (χ4n) is 2.40. The molecule has 1 saturated heterocycles. The summed E-state index contributed by atoms with van der Waals surface area (Å²) in [7, 11) is 0. The van der Waals surface area contributed by atoms with Crippen molar-refractivity contribution < 1.29 is 14.3 Å². The number of nitrogens with zero attached hydrogens (tertiary/aromatic N) is 2. The Bertz CT molecular complexity index is 511. The van der Waals surface area contributed by atoms with Crippen molar-refractivity contribution in [2.24, 2.45) is 10.9 Å². The maximum Gasteiger partial charge on any atom is 0.410 e. The minimum atomic E-state index is -0.475. The molecule has 1 aliphatic carbocycles. The highest BCUT2D eigenvalue weighted by Gasteiger charge is 2.34. The number of carbonyl (C=O) groups is 2. The third-order valence-electron chi connectivity index (χ3n) is 3.85. The fourth-order valence-corrected chi connectivity index (χ4v) is 2.40. The quantitative estimate of drug-likeness (QED) is 0.230.